The van der Waals surface area contributed by atoms with E-state index in [1.54, 1.807) is 46.2 Å². The second kappa shape index (κ2) is 10.8. The molecule has 1 aliphatic rings. The SMILES string of the molecule is COc1cccc(C(=O)Nc2cc(C)ccc2N2CCCN(Cc3ccc(OC(F)(F)F)cc3)C2=O)c1. The molecule has 3 amide bonds. The van der Waals surface area contributed by atoms with E-state index < -0.39 is 6.36 Å². The number of aryl methyl sites for hydroxylation is 1. The summed E-state index contributed by atoms with van der Waals surface area (Å²) >= 11 is 0. The number of urea groups is 1. The van der Waals surface area contributed by atoms with Crippen molar-refractivity contribution < 1.29 is 32.2 Å². The Morgan fingerprint density at radius 1 is 1.00 bits per heavy atom. The minimum absolute atomic E-state index is 0.221. The lowest BCUT2D eigenvalue weighted by molar-refractivity contribution is -0.274. The maximum Gasteiger partial charge on any atom is 0.573 e. The fourth-order valence-corrected chi connectivity index (χ4v) is 4.11. The molecule has 1 saturated heterocycles. The summed E-state index contributed by atoms with van der Waals surface area (Å²) in [5, 5.41) is 2.91. The van der Waals surface area contributed by atoms with E-state index in [4.69, 9.17) is 4.74 Å². The number of halogens is 3. The van der Waals surface area contributed by atoms with E-state index in [-0.39, 0.29) is 24.2 Å². The summed E-state index contributed by atoms with van der Waals surface area (Å²) in [6.07, 6.45) is -4.09. The first kappa shape index (κ1) is 25.9. The van der Waals surface area contributed by atoms with Crippen molar-refractivity contribution in [1.29, 1.82) is 0 Å². The average Bonchev–Trinajstić information content (AvgIpc) is 2.86. The molecule has 4 rings (SSSR count). The van der Waals surface area contributed by atoms with Gasteiger partial charge < -0.3 is 19.7 Å². The molecule has 194 valence electrons. The van der Waals surface area contributed by atoms with Gasteiger partial charge >= 0.3 is 12.4 Å². The summed E-state index contributed by atoms with van der Waals surface area (Å²) in [5.74, 6) is -0.107. The number of nitrogens with zero attached hydrogens (tertiary/aromatic N) is 2. The monoisotopic (exact) mass is 513 g/mol. The quantitative estimate of drug-likeness (QED) is 0.422. The number of anilines is 2. The third-order valence-corrected chi connectivity index (χ3v) is 5.86. The van der Waals surface area contributed by atoms with Crippen LogP contribution in [0.5, 0.6) is 11.5 Å². The Hall–Kier alpha value is -4.21. The predicted molar refractivity (Wildman–Crippen MR) is 133 cm³/mol. The molecule has 1 aliphatic heterocycles. The normalized spacial score (nSPS) is 13.9. The van der Waals surface area contributed by atoms with E-state index in [1.165, 1.54) is 31.4 Å². The lowest BCUT2D eigenvalue weighted by Crippen LogP contribution is -2.49. The number of ether oxygens (including phenoxy) is 2. The number of benzene rings is 3. The molecule has 3 aromatic rings. The van der Waals surface area contributed by atoms with Crippen molar-refractivity contribution in [3.8, 4) is 11.5 Å². The third-order valence-electron chi connectivity index (χ3n) is 5.86. The summed E-state index contributed by atoms with van der Waals surface area (Å²) in [6, 6.07) is 17.4. The van der Waals surface area contributed by atoms with E-state index in [0.717, 1.165) is 5.56 Å². The smallest absolute Gasteiger partial charge is 0.497 e. The second-order valence-corrected chi connectivity index (χ2v) is 8.61. The molecule has 10 heteroatoms. The van der Waals surface area contributed by atoms with Gasteiger partial charge in [0.2, 0.25) is 0 Å². The van der Waals surface area contributed by atoms with Gasteiger partial charge in [0.1, 0.15) is 11.5 Å². The fourth-order valence-electron chi connectivity index (χ4n) is 4.11. The van der Waals surface area contributed by atoms with Crippen LogP contribution in [0.25, 0.3) is 0 Å². The number of hydrogen-bond donors (Lipinski definition) is 1. The highest BCUT2D eigenvalue weighted by Gasteiger charge is 2.31. The van der Waals surface area contributed by atoms with E-state index in [9.17, 15) is 22.8 Å². The van der Waals surface area contributed by atoms with Crippen LogP contribution in [-0.2, 0) is 6.54 Å². The first-order chi connectivity index (χ1) is 17.6. The van der Waals surface area contributed by atoms with Gasteiger partial charge in [-0.3, -0.25) is 9.69 Å². The largest absolute Gasteiger partial charge is 0.573 e. The molecule has 1 fully saturated rings. The van der Waals surface area contributed by atoms with E-state index in [2.05, 4.69) is 10.1 Å². The summed E-state index contributed by atoms with van der Waals surface area (Å²) < 4.78 is 46.4. The first-order valence-electron chi connectivity index (χ1n) is 11.6. The van der Waals surface area contributed by atoms with Crippen LogP contribution in [-0.4, -0.2) is 43.4 Å². The van der Waals surface area contributed by atoms with E-state index in [0.29, 0.717) is 47.8 Å². The Labute approximate surface area is 212 Å². The minimum atomic E-state index is -4.77. The second-order valence-electron chi connectivity index (χ2n) is 8.61. The Morgan fingerprint density at radius 3 is 2.46 bits per heavy atom. The Balaban J connectivity index is 1.51. The van der Waals surface area contributed by atoms with Crippen molar-refractivity contribution in [3.63, 3.8) is 0 Å². The number of alkyl halides is 3. The van der Waals surface area contributed by atoms with Gasteiger partial charge in [0, 0.05) is 25.2 Å². The molecular formula is C27H26F3N3O4. The van der Waals surface area contributed by atoms with Gasteiger partial charge in [-0.15, -0.1) is 13.2 Å². The number of carbonyl (C=O) groups excluding carboxylic acids is 2. The molecule has 0 aromatic heterocycles. The van der Waals surface area contributed by atoms with Crippen molar-refractivity contribution in [3.05, 3.63) is 83.4 Å². The van der Waals surface area contributed by atoms with Crippen molar-refractivity contribution in [2.45, 2.75) is 26.3 Å². The van der Waals surface area contributed by atoms with Gasteiger partial charge in [0.05, 0.1) is 18.5 Å². The Bertz CT molecular complexity index is 1280. The topological polar surface area (TPSA) is 71.1 Å². The van der Waals surface area contributed by atoms with Crippen LogP contribution in [0.15, 0.2) is 66.7 Å². The van der Waals surface area contributed by atoms with Crippen molar-refractivity contribution in [1.82, 2.24) is 4.90 Å². The number of nitrogens with one attached hydrogen (secondary N) is 1. The minimum Gasteiger partial charge on any atom is -0.497 e. The van der Waals surface area contributed by atoms with Crippen LogP contribution in [0.1, 0.15) is 27.9 Å². The number of methoxy groups -OCH3 is 1. The molecule has 0 atom stereocenters. The maximum absolute atomic E-state index is 13.4. The molecule has 3 aromatic carbocycles. The lowest BCUT2D eigenvalue weighted by atomic mass is 10.1. The zero-order valence-electron chi connectivity index (χ0n) is 20.3. The van der Waals surface area contributed by atoms with Gasteiger partial charge in [0.15, 0.2) is 0 Å². The van der Waals surface area contributed by atoms with Crippen LogP contribution in [0.2, 0.25) is 0 Å². The molecule has 0 aliphatic carbocycles. The van der Waals surface area contributed by atoms with Crippen molar-refractivity contribution >= 4 is 23.3 Å². The van der Waals surface area contributed by atoms with Gasteiger partial charge in [-0.2, -0.15) is 0 Å². The molecular weight excluding hydrogens is 487 g/mol. The van der Waals surface area contributed by atoms with Crippen LogP contribution >= 0.6 is 0 Å². The zero-order valence-corrected chi connectivity index (χ0v) is 20.3. The third kappa shape index (κ3) is 6.52. The lowest BCUT2D eigenvalue weighted by Gasteiger charge is -2.36. The number of rotatable bonds is 7. The van der Waals surface area contributed by atoms with Crippen LogP contribution in [0.3, 0.4) is 0 Å². The molecule has 0 radical (unpaired) electrons. The molecule has 1 N–H and O–H groups in total. The first-order valence-corrected chi connectivity index (χ1v) is 11.6. The number of hydrogen-bond acceptors (Lipinski definition) is 4. The fraction of sp³-hybridized carbons (Fsp3) is 0.259. The Morgan fingerprint density at radius 2 is 1.76 bits per heavy atom. The van der Waals surface area contributed by atoms with Crippen LogP contribution < -0.4 is 19.7 Å². The Kier molecular flexibility index (Phi) is 7.56. The van der Waals surface area contributed by atoms with Crippen LogP contribution in [0.4, 0.5) is 29.3 Å². The van der Waals surface area contributed by atoms with E-state index in [1.807, 2.05) is 13.0 Å². The van der Waals surface area contributed by atoms with Gasteiger partial charge in [0.25, 0.3) is 5.91 Å². The summed E-state index contributed by atoms with van der Waals surface area (Å²) in [6.45, 7) is 3.06. The molecule has 37 heavy (non-hydrogen) atoms. The highest BCUT2D eigenvalue weighted by atomic mass is 19.4. The number of amides is 3. The van der Waals surface area contributed by atoms with Crippen LogP contribution in [0, 0.1) is 6.92 Å². The standard InChI is InChI=1S/C27H26F3N3O4/c1-18-7-12-24(23(15-18)31-25(34)20-5-3-6-22(16-20)36-2)33-14-4-13-32(26(33)35)17-19-8-10-21(11-9-19)37-27(28,29)30/h3,5-12,15-16H,4,13-14,17H2,1-2H3,(H,31,34). The van der Waals surface area contributed by atoms with Gasteiger partial charge in [-0.1, -0.05) is 24.3 Å². The molecule has 0 saturated carbocycles. The summed E-state index contributed by atoms with van der Waals surface area (Å²) in [4.78, 5) is 29.6. The van der Waals surface area contributed by atoms with Crippen molar-refractivity contribution in [2.75, 3.05) is 30.4 Å². The van der Waals surface area contributed by atoms with Gasteiger partial charge in [-0.25, -0.2) is 4.79 Å². The van der Waals surface area contributed by atoms with Gasteiger partial charge in [-0.05, 0) is 66.9 Å². The molecule has 7 nitrogen and oxygen atoms in total. The molecule has 0 unspecified atom stereocenters. The maximum atomic E-state index is 13.4. The van der Waals surface area contributed by atoms with Crippen molar-refractivity contribution in [2.24, 2.45) is 0 Å². The molecule has 0 spiro atoms. The highest BCUT2D eigenvalue weighted by molar-refractivity contribution is 6.08. The van der Waals surface area contributed by atoms with E-state index >= 15 is 0 Å². The predicted octanol–water partition coefficient (Wildman–Crippen LogP) is 5.99. The summed E-state index contributed by atoms with van der Waals surface area (Å²) in [7, 11) is 1.52. The molecule has 0 bridgehead atoms. The summed E-state index contributed by atoms with van der Waals surface area (Å²) in [5.41, 5.74) is 3.05. The average molecular weight is 514 g/mol. The zero-order chi connectivity index (χ0) is 26.6. The number of carbonyl (C=O) groups is 2. The molecule has 1 heterocycles. The highest BCUT2D eigenvalue weighted by Crippen LogP contribution is 2.31.